The molecule has 0 aliphatic heterocycles. The second-order valence-corrected chi connectivity index (χ2v) is 5.00. The maximum atomic E-state index is 11.6. The molecule has 18 heavy (non-hydrogen) atoms. The van der Waals surface area contributed by atoms with Gasteiger partial charge in [0.25, 0.3) is 0 Å². The first-order chi connectivity index (χ1) is 8.68. The molecule has 1 saturated carbocycles. The van der Waals surface area contributed by atoms with Gasteiger partial charge in [-0.2, -0.15) is 0 Å². The molecule has 0 atom stereocenters. The molecule has 1 aliphatic carbocycles. The average Bonchev–Trinajstić information content (AvgIpc) is 2.34. The SMILES string of the molecule is NC(=O)CCCCNCC(=O)NC1CCCCC1. The fraction of sp³-hybridized carbons (Fsp3) is 0.846. The minimum Gasteiger partial charge on any atom is -0.370 e. The number of hydrogen-bond donors (Lipinski definition) is 3. The van der Waals surface area contributed by atoms with Gasteiger partial charge in [0.15, 0.2) is 0 Å². The van der Waals surface area contributed by atoms with Crippen LogP contribution in [0.3, 0.4) is 0 Å². The zero-order valence-electron chi connectivity index (χ0n) is 11.0. The Morgan fingerprint density at radius 3 is 2.50 bits per heavy atom. The number of primary amides is 1. The number of nitrogens with two attached hydrogens (primary N) is 1. The molecule has 0 spiro atoms. The molecule has 4 N–H and O–H groups in total. The van der Waals surface area contributed by atoms with Gasteiger partial charge in [-0.25, -0.2) is 0 Å². The molecule has 5 heteroatoms. The molecular weight excluding hydrogens is 230 g/mol. The van der Waals surface area contributed by atoms with Crippen molar-refractivity contribution in [1.29, 1.82) is 0 Å². The second kappa shape index (κ2) is 8.91. The van der Waals surface area contributed by atoms with Crippen LogP contribution in [0.25, 0.3) is 0 Å². The third kappa shape index (κ3) is 7.27. The molecule has 2 amide bonds. The van der Waals surface area contributed by atoms with E-state index in [4.69, 9.17) is 5.73 Å². The molecule has 0 bridgehead atoms. The Morgan fingerprint density at radius 1 is 1.11 bits per heavy atom. The highest BCUT2D eigenvalue weighted by molar-refractivity contribution is 5.78. The summed E-state index contributed by atoms with van der Waals surface area (Å²) in [5.74, 6) is -0.179. The third-order valence-corrected chi connectivity index (χ3v) is 3.28. The molecule has 0 heterocycles. The minimum absolute atomic E-state index is 0.0804. The van der Waals surface area contributed by atoms with Crippen LogP contribution in [0.4, 0.5) is 0 Å². The first-order valence-corrected chi connectivity index (χ1v) is 6.97. The van der Waals surface area contributed by atoms with Crippen molar-refractivity contribution in [1.82, 2.24) is 10.6 Å². The molecule has 5 nitrogen and oxygen atoms in total. The normalized spacial score (nSPS) is 16.4. The lowest BCUT2D eigenvalue weighted by atomic mass is 9.95. The minimum atomic E-state index is -0.259. The van der Waals surface area contributed by atoms with E-state index in [0.29, 0.717) is 19.0 Å². The van der Waals surface area contributed by atoms with Gasteiger partial charge in [0.05, 0.1) is 6.54 Å². The van der Waals surface area contributed by atoms with E-state index < -0.39 is 0 Å². The van der Waals surface area contributed by atoms with Crippen molar-refractivity contribution < 1.29 is 9.59 Å². The highest BCUT2D eigenvalue weighted by atomic mass is 16.2. The fourth-order valence-corrected chi connectivity index (χ4v) is 2.28. The highest BCUT2D eigenvalue weighted by Crippen LogP contribution is 2.16. The Balaban J connectivity index is 1.94. The van der Waals surface area contributed by atoms with Crippen molar-refractivity contribution >= 4 is 11.8 Å². The molecule has 0 aromatic carbocycles. The Labute approximate surface area is 109 Å². The summed E-state index contributed by atoms with van der Waals surface area (Å²) in [6.45, 7) is 1.12. The topological polar surface area (TPSA) is 84.2 Å². The summed E-state index contributed by atoms with van der Waals surface area (Å²) < 4.78 is 0. The Kier molecular flexibility index (Phi) is 7.41. The molecule has 0 saturated heterocycles. The summed E-state index contributed by atoms with van der Waals surface area (Å²) in [4.78, 5) is 22.1. The van der Waals surface area contributed by atoms with Crippen LogP contribution in [0.15, 0.2) is 0 Å². The van der Waals surface area contributed by atoms with Gasteiger partial charge in [0, 0.05) is 12.5 Å². The van der Waals surface area contributed by atoms with Crippen LogP contribution in [0.1, 0.15) is 51.4 Å². The highest BCUT2D eigenvalue weighted by Gasteiger charge is 2.14. The van der Waals surface area contributed by atoms with E-state index in [1.807, 2.05) is 0 Å². The third-order valence-electron chi connectivity index (χ3n) is 3.28. The number of carbonyl (C=O) groups is 2. The Hall–Kier alpha value is -1.10. The van der Waals surface area contributed by atoms with Crippen molar-refractivity contribution in [3.05, 3.63) is 0 Å². The second-order valence-electron chi connectivity index (χ2n) is 5.00. The lowest BCUT2D eigenvalue weighted by Crippen LogP contribution is -2.41. The zero-order chi connectivity index (χ0) is 13.2. The quantitative estimate of drug-likeness (QED) is 0.558. The predicted octanol–water partition coefficient (Wildman–Crippen LogP) is 0.680. The van der Waals surface area contributed by atoms with Crippen LogP contribution in [-0.4, -0.2) is 30.9 Å². The number of unbranched alkanes of at least 4 members (excludes halogenated alkanes) is 1. The monoisotopic (exact) mass is 255 g/mol. The Morgan fingerprint density at radius 2 is 1.83 bits per heavy atom. The molecule has 0 aromatic rings. The van der Waals surface area contributed by atoms with Gasteiger partial charge in [-0.1, -0.05) is 19.3 Å². The Bertz CT molecular complexity index is 263. The molecule has 0 radical (unpaired) electrons. The summed E-state index contributed by atoms with van der Waals surface area (Å²) >= 11 is 0. The largest absolute Gasteiger partial charge is 0.370 e. The summed E-state index contributed by atoms with van der Waals surface area (Å²) in [6.07, 6.45) is 8.07. The van der Waals surface area contributed by atoms with E-state index in [1.165, 1.54) is 19.3 Å². The standard InChI is InChI=1S/C13H25N3O2/c14-12(17)8-4-5-9-15-10-13(18)16-11-6-2-1-3-7-11/h11,15H,1-10H2,(H2,14,17)(H,16,18). The van der Waals surface area contributed by atoms with Crippen LogP contribution in [0.5, 0.6) is 0 Å². The van der Waals surface area contributed by atoms with E-state index in [2.05, 4.69) is 10.6 Å². The van der Waals surface area contributed by atoms with Gasteiger partial charge < -0.3 is 16.4 Å². The maximum absolute atomic E-state index is 11.6. The van der Waals surface area contributed by atoms with E-state index in [1.54, 1.807) is 0 Å². The molecule has 1 aliphatic rings. The first-order valence-electron chi connectivity index (χ1n) is 6.97. The first kappa shape index (κ1) is 15.0. The lowest BCUT2D eigenvalue weighted by molar-refractivity contribution is -0.121. The molecule has 104 valence electrons. The van der Waals surface area contributed by atoms with E-state index in [0.717, 1.165) is 32.2 Å². The number of hydrogen-bond acceptors (Lipinski definition) is 3. The van der Waals surface area contributed by atoms with Crippen molar-refractivity contribution in [3.63, 3.8) is 0 Å². The van der Waals surface area contributed by atoms with Crippen LogP contribution in [0, 0.1) is 0 Å². The van der Waals surface area contributed by atoms with E-state index in [-0.39, 0.29) is 11.8 Å². The van der Waals surface area contributed by atoms with Crippen LogP contribution in [-0.2, 0) is 9.59 Å². The van der Waals surface area contributed by atoms with Crippen molar-refractivity contribution in [2.45, 2.75) is 57.4 Å². The lowest BCUT2D eigenvalue weighted by Gasteiger charge is -2.22. The van der Waals surface area contributed by atoms with Gasteiger partial charge in [0.2, 0.25) is 11.8 Å². The van der Waals surface area contributed by atoms with Crippen LogP contribution in [0.2, 0.25) is 0 Å². The number of carbonyl (C=O) groups excluding carboxylic acids is 2. The van der Waals surface area contributed by atoms with Crippen LogP contribution >= 0.6 is 0 Å². The van der Waals surface area contributed by atoms with Gasteiger partial charge in [-0.15, -0.1) is 0 Å². The van der Waals surface area contributed by atoms with Gasteiger partial charge in [-0.05, 0) is 32.2 Å². The summed E-state index contributed by atoms with van der Waals surface area (Å²) in [6, 6.07) is 0.378. The summed E-state index contributed by atoms with van der Waals surface area (Å²) in [7, 11) is 0. The number of rotatable bonds is 8. The molecule has 0 unspecified atom stereocenters. The maximum Gasteiger partial charge on any atom is 0.234 e. The average molecular weight is 255 g/mol. The smallest absolute Gasteiger partial charge is 0.234 e. The van der Waals surface area contributed by atoms with E-state index >= 15 is 0 Å². The zero-order valence-corrected chi connectivity index (χ0v) is 11.0. The number of nitrogens with one attached hydrogen (secondary N) is 2. The van der Waals surface area contributed by atoms with Crippen molar-refractivity contribution in [3.8, 4) is 0 Å². The fourth-order valence-electron chi connectivity index (χ4n) is 2.28. The van der Waals surface area contributed by atoms with E-state index in [9.17, 15) is 9.59 Å². The van der Waals surface area contributed by atoms with Crippen molar-refractivity contribution in [2.24, 2.45) is 5.73 Å². The predicted molar refractivity (Wildman–Crippen MR) is 70.9 cm³/mol. The summed E-state index contributed by atoms with van der Waals surface area (Å²) in [5, 5.41) is 6.14. The van der Waals surface area contributed by atoms with Gasteiger partial charge >= 0.3 is 0 Å². The molecule has 1 fully saturated rings. The van der Waals surface area contributed by atoms with Gasteiger partial charge in [-0.3, -0.25) is 9.59 Å². The molecular formula is C13H25N3O2. The number of amides is 2. The summed E-state index contributed by atoms with van der Waals surface area (Å²) in [5.41, 5.74) is 5.04. The van der Waals surface area contributed by atoms with Gasteiger partial charge in [0.1, 0.15) is 0 Å². The van der Waals surface area contributed by atoms with Crippen molar-refractivity contribution in [2.75, 3.05) is 13.1 Å². The van der Waals surface area contributed by atoms with Crippen LogP contribution < -0.4 is 16.4 Å². The molecule has 1 rings (SSSR count). The molecule has 0 aromatic heterocycles.